The molecule has 23 heavy (non-hydrogen) atoms. The molecule has 0 aliphatic rings. The van der Waals surface area contributed by atoms with Crippen molar-refractivity contribution in [2.24, 2.45) is 0 Å². The Labute approximate surface area is 135 Å². The fourth-order valence-electron chi connectivity index (χ4n) is 1.97. The van der Waals surface area contributed by atoms with Crippen molar-refractivity contribution in [3.8, 4) is 0 Å². The third-order valence-electron chi connectivity index (χ3n) is 3.14. The van der Waals surface area contributed by atoms with Crippen molar-refractivity contribution in [2.75, 3.05) is 0 Å². The Bertz CT molecular complexity index is 708. The van der Waals surface area contributed by atoms with Crippen molar-refractivity contribution < 1.29 is 9.59 Å². The van der Waals surface area contributed by atoms with E-state index in [4.69, 9.17) is 0 Å². The average Bonchev–Trinajstić information content (AvgIpc) is 2.51. The van der Waals surface area contributed by atoms with Crippen LogP contribution in [0.3, 0.4) is 0 Å². The lowest BCUT2D eigenvalue weighted by Gasteiger charge is -2.35. The molecule has 2 aromatic rings. The van der Waals surface area contributed by atoms with Crippen LogP contribution in [0.1, 0.15) is 47.3 Å². The zero-order valence-electron chi connectivity index (χ0n) is 13.7. The van der Waals surface area contributed by atoms with Crippen LogP contribution >= 0.6 is 0 Å². The van der Waals surface area contributed by atoms with E-state index in [-0.39, 0.29) is 11.6 Å². The van der Waals surface area contributed by atoms with Gasteiger partial charge in [-0.2, -0.15) is 0 Å². The van der Waals surface area contributed by atoms with E-state index in [1.807, 2.05) is 26.8 Å². The summed E-state index contributed by atoms with van der Waals surface area (Å²) in [4.78, 5) is 33.0. The van der Waals surface area contributed by atoms with Crippen LogP contribution in [-0.4, -0.2) is 32.3 Å². The molecule has 0 spiro atoms. The molecule has 0 saturated heterocycles. The van der Waals surface area contributed by atoms with Crippen LogP contribution in [0.5, 0.6) is 0 Å². The molecule has 0 aliphatic carbocycles. The predicted molar refractivity (Wildman–Crippen MR) is 86.6 cm³/mol. The monoisotopic (exact) mass is 312 g/mol. The smallest absolute Gasteiger partial charge is 0.267 e. The minimum Gasteiger partial charge on any atom is -0.267 e. The minimum absolute atomic E-state index is 0.215. The zero-order valence-corrected chi connectivity index (χ0v) is 13.7. The molecular weight excluding hydrogens is 292 g/mol. The molecule has 1 N–H and O–H groups in total. The Morgan fingerprint density at radius 1 is 1.09 bits per heavy atom. The topological polar surface area (TPSA) is 75.2 Å². The molecule has 0 aliphatic heterocycles. The van der Waals surface area contributed by atoms with Gasteiger partial charge in [0.1, 0.15) is 12.0 Å². The third-order valence-corrected chi connectivity index (χ3v) is 3.14. The summed E-state index contributed by atoms with van der Waals surface area (Å²) in [7, 11) is 0. The second-order valence-electron chi connectivity index (χ2n) is 6.16. The van der Waals surface area contributed by atoms with Crippen LogP contribution in [0.4, 0.5) is 0 Å². The van der Waals surface area contributed by atoms with E-state index < -0.39 is 11.4 Å². The number of nitrogens with one attached hydrogen (secondary N) is 1. The van der Waals surface area contributed by atoms with E-state index in [0.717, 1.165) is 0 Å². The maximum absolute atomic E-state index is 12.7. The molecule has 6 heteroatoms. The minimum atomic E-state index is -0.593. The quantitative estimate of drug-likeness (QED) is 0.864. The first-order valence-electron chi connectivity index (χ1n) is 7.28. The van der Waals surface area contributed by atoms with Crippen LogP contribution < -0.4 is 5.43 Å². The van der Waals surface area contributed by atoms with E-state index in [1.165, 1.54) is 11.3 Å². The van der Waals surface area contributed by atoms with E-state index >= 15 is 0 Å². The van der Waals surface area contributed by atoms with E-state index in [1.54, 1.807) is 37.3 Å². The van der Waals surface area contributed by atoms with Gasteiger partial charge in [0.2, 0.25) is 0 Å². The number of benzene rings is 1. The lowest BCUT2D eigenvalue weighted by Crippen LogP contribution is -2.56. The molecular formula is C17H20N4O2. The number of carbonyl (C=O) groups excluding carboxylic acids is 2. The van der Waals surface area contributed by atoms with Crippen molar-refractivity contribution in [1.82, 2.24) is 20.4 Å². The Morgan fingerprint density at radius 3 is 2.30 bits per heavy atom. The summed E-state index contributed by atoms with van der Waals surface area (Å²) in [6, 6.07) is 10.4. The SMILES string of the molecule is Cc1cc(C(=O)NN(C(=O)c2ccccc2)C(C)(C)C)ncn1. The highest BCUT2D eigenvalue weighted by molar-refractivity contribution is 5.98. The zero-order chi connectivity index (χ0) is 17.0. The number of hydrogen-bond donors (Lipinski definition) is 1. The molecule has 0 radical (unpaired) electrons. The van der Waals surface area contributed by atoms with Gasteiger partial charge in [-0.25, -0.2) is 15.0 Å². The van der Waals surface area contributed by atoms with Gasteiger partial charge >= 0.3 is 0 Å². The van der Waals surface area contributed by atoms with Crippen molar-refractivity contribution in [2.45, 2.75) is 33.2 Å². The van der Waals surface area contributed by atoms with Gasteiger partial charge in [0.05, 0.1) is 5.54 Å². The van der Waals surface area contributed by atoms with Gasteiger partial charge in [0, 0.05) is 11.3 Å². The highest BCUT2D eigenvalue weighted by atomic mass is 16.2. The van der Waals surface area contributed by atoms with Gasteiger partial charge in [0.25, 0.3) is 11.8 Å². The average molecular weight is 312 g/mol. The number of hydrogen-bond acceptors (Lipinski definition) is 4. The first-order chi connectivity index (χ1) is 10.8. The van der Waals surface area contributed by atoms with Gasteiger partial charge in [-0.3, -0.25) is 15.0 Å². The van der Waals surface area contributed by atoms with Crippen molar-refractivity contribution in [3.05, 3.63) is 59.7 Å². The highest BCUT2D eigenvalue weighted by Gasteiger charge is 2.29. The van der Waals surface area contributed by atoms with Crippen LogP contribution in [0, 0.1) is 6.92 Å². The predicted octanol–water partition coefficient (Wildman–Crippen LogP) is 2.37. The molecule has 1 heterocycles. The largest absolute Gasteiger partial charge is 0.288 e. The second-order valence-corrected chi connectivity index (χ2v) is 6.16. The molecule has 0 saturated carbocycles. The third kappa shape index (κ3) is 4.12. The van der Waals surface area contributed by atoms with Gasteiger partial charge in [0.15, 0.2) is 0 Å². The van der Waals surface area contributed by atoms with Crippen LogP contribution in [-0.2, 0) is 0 Å². The number of nitrogens with zero attached hydrogens (tertiary/aromatic N) is 3. The second kappa shape index (κ2) is 6.56. The summed E-state index contributed by atoms with van der Waals surface area (Å²) in [6.07, 6.45) is 1.32. The van der Waals surface area contributed by atoms with Gasteiger partial charge in [-0.1, -0.05) is 18.2 Å². The van der Waals surface area contributed by atoms with Crippen molar-refractivity contribution >= 4 is 11.8 Å². The summed E-state index contributed by atoms with van der Waals surface area (Å²) in [5, 5.41) is 1.32. The summed E-state index contributed by atoms with van der Waals surface area (Å²) in [5.74, 6) is -0.730. The summed E-state index contributed by atoms with van der Waals surface area (Å²) >= 11 is 0. The Balaban J connectivity index is 2.27. The highest BCUT2D eigenvalue weighted by Crippen LogP contribution is 2.15. The van der Waals surface area contributed by atoms with E-state index in [2.05, 4.69) is 15.4 Å². The summed E-state index contributed by atoms with van der Waals surface area (Å²) in [5.41, 5.74) is 3.46. The van der Waals surface area contributed by atoms with Crippen LogP contribution in [0.2, 0.25) is 0 Å². The molecule has 0 unspecified atom stereocenters. The first-order valence-corrected chi connectivity index (χ1v) is 7.28. The summed E-state index contributed by atoms with van der Waals surface area (Å²) < 4.78 is 0. The lowest BCUT2D eigenvalue weighted by atomic mass is 10.1. The van der Waals surface area contributed by atoms with E-state index in [0.29, 0.717) is 11.3 Å². The van der Waals surface area contributed by atoms with Crippen LogP contribution in [0.25, 0.3) is 0 Å². The number of aryl methyl sites for hydroxylation is 1. The Kier molecular flexibility index (Phi) is 4.74. The van der Waals surface area contributed by atoms with Crippen LogP contribution in [0.15, 0.2) is 42.7 Å². The Hall–Kier alpha value is -2.76. The van der Waals surface area contributed by atoms with Gasteiger partial charge in [-0.15, -0.1) is 0 Å². The number of hydrazine groups is 1. The maximum atomic E-state index is 12.7. The van der Waals surface area contributed by atoms with Gasteiger partial charge < -0.3 is 0 Å². The first kappa shape index (κ1) is 16.6. The van der Waals surface area contributed by atoms with Crippen molar-refractivity contribution in [3.63, 3.8) is 0 Å². The molecule has 2 amide bonds. The normalized spacial score (nSPS) is 11.0. The number of rotatable bonds is 2. The number of amides is 2. The van der Waals surface area contributed by atoms with Gasteiger partial charge in [-0.05, 0) is 45.9 Å². The molecule has 6 nitrogen and oxygen atoms in total. The number of aromatic nitrogens is 2. The Morgan fingerprint density at radius 2 is 1.74 bits per heavy atom. The molecule has 0 fully saturated rings. The molecule has 0 bridgehead atoms. The maximum Gasteiger partial charge on any atom is 0.288 e. The summed E-state index contributed by atoms with van der Waals surface area (Å²) in [6.45, 7) is 7.31. The molecule has 0 atom stereocenters. The standard InChI is InChI=1S/C17H20N4O2/c1-12-10-14(19-11-18-12)15(22)20-21(17(2,3)4)16(23)13-8-6-5-7-9-13/h5-11H,1-4H3,(H,20,22). The molecule has 1 aromatic carbocycles. The molecule has 2 rings (SSSR count). The lowest BCUT2D eigenvalue weighted by molar-refractivity contribution is 0.0356. The molecule has 1 aromatic heterocycles. The molecule has 120 valence electrons. The van der Waals surface area contributed by atoms with E-state index in [9.17, 15) is 9.59 Å². The van der Waals surface area contributed by atoms with Crippen molar-refractivity contribution in [1.29, 1.82) is 0 Å². The number of carbonyl (C=O) groups is 2. The fourth-order valence-corrected chi connectivity index (χ4v) is 1.97. The fraction of sp³-hybridized carbons (Fsp3) is 0.294.